The highest BCUT2D eigenvalue weighted by atomic mass is 16.3. The van der Waals surface area contributed by atoms with Gasteiger partial charge in [-0.3, -0.25) is 0 Å². The summed E-state index contributed by atoms with van der Waals surface area (Å²) in [5.41, 5.74) is 11.5. The van der Waals surface area contributed by atoms with Gasteiger partial charge >= 0.3 is 0 Å². The molecule has 40 heavy (non-hydrogen) atoms. The van der Waals surface area contributed by atoms with E-state index in [2.05, 4.69) is 98.8 Å². The van der Waals surface area contributed by atoms with Gasteiger partial charge in [-0.2, -0.15) is 0 Å². The molecule has 0 fully saturated rings. The molecule has 0 aliphatic heterocycles. The van der Waals surface area contributed by atoms with Gasteiger partial charge in [-0.15, -0.1) is 0 Å². The summed E-state index contributed by atoms with van der Waals surface area (Å²) in [5.74, 6) is 0.655. The molecule has 3 heteroatoms. The molecule has 1 aliphatic rings. The Balaban J connectivity index is 1.40. The Hall–Kier alpha value is -5.02. The Morgan fingerprint density at radius 3 is 1.82 bits per heavy atom. The largest absolute Gasteiger partial charge is 0.455 e. The first kappa shape index (κ1) is 22.9. The van der Waals surface area contributed by atoms with Crippen LogP contribution in [0.1, 0.15) is 25.0 Å². The number of aromatic nitrogens is 2. The molecule has 2 aromatic heterocycles. The number of hydrogen-bond acceptors (Lipinski definition) is 3. The van der Waals surface area contributed by atoms with Crippen molar-refractivity contribution < 1.29 is 4.42 Å². The van der Waals surface area contributed by atoms with Crippen LogP contribution in [-0.2, 0) is 5.41 Å². The van der Waals surface area contributed by atoms with Gasteiger partial charge in [-0.25, -0.2) is 9.97 Å². The van der Waals surface area contributed by atoms with Crippen LogP contribution < -0.4 is 0 Å². The van der Waals surface area contributed by atoms with E-state index in [-0.39, 0.29) is 5.41 Å². The fourth-order valence-electron chi connectivity index (χ4n) is 6.30. The molecule has 0 saturated carbocycles. The van der Waals surface area contributed by atoms with Crippen LogP contribution >= 0.6 is 0 Å². The van der Waals surface area contributed by atoms with Crippen LogP contribution in [0.4, 0.5) is 0 Å². The molecule has 0 N–H and O–H groups in total. The lowest BCUT2D eigenvalue weighted by atomic mass is 9.82. The SMILES string of the molecule is CC1(C)c2ccccc2-c2c1ccc1c2oc2c(-c3nc(-c4ccccc4)cc(-c4ccccc4)n3)cccc21. The predicted octanol–water partition coefficient (Wildman–Crippen LogP) is 9.68. The van der Waals surface area contributed by atoms with Crippen molar-refractivity contribution in [2.75, 3.05) is 0 Å². The van der Waals surface area contributed by atoms with Gasteiger partial charge in [0.1, 0.15) is 11.2 Å². The zero-order valence-corrected chi connectivity index (χ0v) is 22.3. The Bertz CT molecular complexity index is 2010. The first-order valence-corrected chi connectivity index (χ1v) is 13.7. The van der Waals surface area contributed by atoms with E-state index < -0.39 is 0 Å². The second kappa shape index (κ2) is 8.49. The number of fused-ring (bicyclic) bond motifs is 7. The van der Waals surface area contributed by atoms with Gasteiger partial charge in [0, 0.05) is 32.9 Å². The molecule has 0 atom stereocenters. The maximum absolute atomic E-state index is 6.84. The maximum Gasteiger partial charge on any atom is 0.164 e. The van der Waals surface area contributed by atoms with Crippen molar-refractivity contribution in [2.45, 2.75) is 19.3 Å². The summed E-state index contributed by atoms with van der Waals surface area (Å²) in [7, 11) is 0. The Morgan fingerprint density at radius 2 is 1.12 bits per heavy atom. The zero-order chi connectivity index (χ0) is 26.8. The van der Waals surface area contributed by atoms with Crippen LogP contribution in [-0.4, -0.2) is 9.97 Å². The van der Waals surface area contributed by atoms with Crippen LogP contribution in [0.25, 0.3) is 67.0 Å². The number of nitrogens with zero attached hydrogens (tertiary/aromatic N) is 2. The third kappa shape index (κ3) is 3.31. The number of hydrogen-bond donors (Lipinski definition) is 0. The van der Waals surface area contributed by atoms with E-state index in [0.717, 1.165) is 50.0 Å². The Morgan fingerprint density at radius 1 is 0.525 bits per heavy atom. The van der Waals surface area contributed by atoms with Crippen LogP contribution in [0.2, 0.25) is 0 Å². The highest BCUT2D eigenvalue weighted by Crippen LogP contribution is 2.52. The number of rotatable bonds is 3. The lowest BCUT2D eigenvalue weighted by molar-refractivity contribution is 0.653. The molecule has 8 rings (SSSR count). The highest BCUT2D eigenvalue weighted by Gasteiger charge is 2.37. The standard InChI is InChI=1S/C37H26N2O/c1-37(2)29-19-10-9-16-27(29)33-30(37)21-20-26-25-17-11-18-28(34(25)40-35(26)33)36-38-31(23-12-5-3-6-13-23)22-32(39-36)24-14-7-4-8-15-24/h3-22H,1-2H3. The fraction of sp³-hybridized carbons (Fsp3) is 0.0811. The van der Waals surface area contributed by atoms with E-state index in [1.165, 1.54) is 22.3 Å². The van der Waals surface area contributed by atoms with Crippen molar-refractivity contribution >= 4 is 21.9 Å². The molecule has 0 amide bonds. The lowest BCUT2D eigenvalue weighted by Gasteiger charge is -2.21. The normalized spacial score (nSPS) is 13.4. The minimum absolute atomic E-state index is 0.0837. The number of para-hydroxylation sites is 1. The quantitative estimate of drug-likeness (QED) is 0.236. The van der Waals surface area contributed by atoms with Gasteiger partial charge in [0.05, 0.1) is 17.0 Å². The van der Waals surface area contributed by atoms with Crippen molar-refractivity contribution in [3.63, 3.8) is 0 Å². The molecule has 0 unspecified atom stereocenters. The van der Waals surface area contributed by atoms with Gasteiger partial charge in [0.15, 0.2) is 5.82 Å². The summed E-state index contributed by atoms with van der Waals surface area (Å²) in [6, 6.07) is 42.1. The molecule has 190 valence electrons. The molecule has 3 nitrogen and oxygen atoms in total. The van der Waals surface area contributed by atoms with E-state index in [1.54, 1.807) is 0 Å². The summed E-state index contributed by atoms with van der Waals surface area (Å²) < 4.78 is 6.84. The van der Waals surface area contributed by atoms with Crippen molar-refractivity contribution in [1.82, 2.24) is 9.97 Å². The predicted molar refractivity (Wildman–Crippen MR) is 163 cm³/mol. The molecule has 0 bridgehead atoms. The average Bonchev–Trinajstić information content (AvgIpc) is 3.50. The van der Waals surface area contributed by atoms with Crippen molar-refractivity contribution in [3.05, 3.63) is 132 Å². The molecule has 7 aromatic rings. The van der Waals surface area contributed by atoms with Gasteiger partial charge in [-0.1, -0.05) is 123 Å². The van der Waals surface area contributed by atoms with Gasteiger partial charge in [0.25, 0.3) is 0 Å². The Labute approximate surface area is 232 Å². The van der Waals surface area contributed by atoms with Crippen molar-refractivity contribution in [2.24, 2.45) is 0 Å². The second-order valence-electron chi connectivity index (χ2n) is 11.0. The average molecular weight is 515 g/mol. The molecule has 2 heterocycles. The van der Waals surface area contributed by atoms with Crippen LogP contribution in [0.3, 0.4) is 0 Å². The third-order valence-corrected chi connectivity index (χ3v) is 8.32. The van der Waals surface area contributed by atoms with E-state index in [0.29, 0.717) is 5.82 Å². The van der Waals surface area contributed by atoms with Crippen LogP contribution in [0.15, 0.2) is 126 Å². The molecule has 0 saturated heterocycles. The fourth-order valence-corrected chi connectivity index (χ4v) is 6.30. The highest BCUT2D eigenvalue weighted by molar-refractivity contribution is 6.14. The lowest BCUT2D eigenvalue weighted by Crippen LogP contribution is -2.14. The van der Waals surface area contributed by atoms with Gasteiger partial charge in [-0.05, 0) is 28.8 Å². The molecule has 5 aromatic carbocycles. The zero-order valence-electron chi connectivity index (χ0n) is 22.3. The van der Waals surface area contributed by atoms with E-state index in [4.69, 9.17) is 14.4 Å². The maximum atomic E-state index is 6.84. The number of benzene rings is 5. The van der Waals surface area contributed by atoms with E-state index in [1.807, 2.05) is 36.4 Å². The minimum atomic E-state index is -0.0837. The summed E-state index contributed by atoms with van der Waals surface area (Å²) in [4.78, 5) is 10.2. The Kier molecular flexibility index (Phi) is 4.86. The minimum Gasteiger partial charge on any atom is -0.455 e. The van der Waals surface area contributed by atoms with Crippen LogP contribution in [0.5, 0.6) is 0 Å². The molecule has 0 radical (unpaired) electrons. The number of furan rings is 1. The van der Waals surface area contributed by atoms with E-state index >= 15 is 0 Å². The third-order valence-electron chi connectivity index (χ3n) is 8.32. The van der Waals surface area contributed by atoms with E-state index in [9.17, 15) is 0 Å². The molecule has 1 aliphatic carbocycles. The molecule has 0 spiro atoms. The molecular weight excluding hydrogens is 488 g/mol. The van der Waals surface area contributed by atoms with Crippen molar-refractivity contribution in [3.8, 4) is 45.0 Å². The van der Waals surface area contributed by atoms with Gasteiger partial charge in [0.2, 0.25) is 0 Å². The monoisotopic (exact) mass is 514 g/mol. The molecular formula is C37H26N2O. The van der Waals surface area contributed by atoms with Gasteiger partial charge < -0.3 is 4.42 Å². The summed E-state index contributed by atoms with van der Waals surface area (Å²) >= 11 is 0. The first-order chi connectivity index (χ1) is 19.6. The van der Waals surface area contributed by atoms with Crippen LogP contribution in [0, 0.1) is 0 Å². The smallest absolute Gasteiger partial charge is 0.164 e. The summed E-state index contributed by atoms with van der Waals surface area (Å²) in [5, 5.41) is 2.19. The van der Waals surface area contributed by atoms with Crippen molar-refractivity contribution in [1.29, 1.82) is 0 Å². The summed E-state index contributed by atoms with van der Waals surface area (Å²) in [6.07, 6.45) is 0. The first-order valence-electron chi connectivity index (χ1n) is 13.7. The topological polar surface area (TPSA) is 38.9 Å². The summed E-state index contributed by atoms with van der Waals surface area (Å²) in [6.45, 7) is 4.59. The second-order valence-corrected chi connectivity index (χ2v) is 11.0.